The largest absolute Gasteiger partial charge is 0.497 e. The van der Waals surface area contributed by atoms with Gasteiger partial charge in [0.1, 0.15) is 11.5 Å². The van der Waals surface area contributed by atoms with Crippen LogP contribution in [-0.4, -0.2) is 28.0 Å². The molecule has 1 amide bonds. The molecular weight excluding hydrogens is 466 g/mol. The maximum absolute atomic E-state index is 13.4. The predicted octanol–water partition coefficient (Wildman–Crippen LogP) is 5.21. The van der Waals surface area contributed by atoms with Crippen molar-refractivity contribution >= 4 is 27.3 Å². The number of amides is 1. The van der Waals surface area contributed by atoms with Gasteiger partial charge >= 0.3 is 0 Å². The van der Waals surface area contributed by atoms with Crippen LogP contribution < -0.4 is 19.5 Å². The predicted molar refractivity (Wildman–Crippen MR) is 125 cm³/mol. The second kappa shape index (κ2) is 11.0. The molecule has 0 radical (unpaired) electrons. The van der Waals surface area contributed by atoms with Crippen molar-refractivity contribution in [3.8, 4) is 11.5 Å². The molecule has 3 rings (SSSR count). The molecule has 0 aliphatic rings. The van der Waals surface area contributed by atoms with Crippen LogP contribution in [0.4, 0.5) is 20.2 Å². The maximum atomic E-state index is 13.4. The highest BCUT2D eigenvalue weighted by atomic mass is 32.2. The molecule has 7 nitrogen and oxygen atoms in total. The van der Waals surface area contributed by atoms with Crippen LogP contribution in [-0.2, 0) is 10.0 Å². The molecule has 10 heteroatoms. The maximum Gasteiger partial charge on any atom is 0.261 e. The van der Waals surface area contributed by atoms with Crippen LogP contribution in [0.3, 0.4) is 0 Å². The molecule has 0 unspecified atom stereocenters. The summed E-state index contributed by atoms with van der Waals surface area (Å²) in [6.07, 6.45) is 1.82. The van der Waals surface area contributed by atoms with Crippen molar-refractivity contribution < 1.29 is 31.5 Å². The van der Waals surface area contributed by atoms with E-state index in [4.69, 9.17) is 9.47 Å². The molecule has 0 spiro atoms. The van der Waals surface area contributed by atoms with Gasteiger partial charge in [0.25, 0.3) is 15.9 Å². The lowest BCUT2D eigenvalue weighted by molar-refractivity contribution is 0.102. The van der Waals surface area contributed by atoms with E-state index in [1.165, 1.54) is 31.4 Å². The van der Waals surface area contributed by atoms with Gasteiger partial charge in [-0.3, -0.25) is 9.52 Å². The lowest BCUT2D eigenvalue weighted by atomic mass is 10.2. The van der Waals surface area contributed by atoms with E-state index in [-0.39, 0.29) is 11.3 Å². The number of carbonyl (C=O) groups excluding carboxylic acids is 1. The monoisotopic (exact) mass is 490 g/mol. The molecule has 0 aromatic heterocycles. The quantitative estimate of drug-likeness (QED) is 0.381. The number of unbranched alkanes of at least 4 members (excludes halogenated alkanes) is 1. The Morgan fingerprint density at radius 2 is 1.71 bits per heavy atom. The first-order chi connectivity index (χ1) is 16.2. The van der Waals surface area contributed by atoms with Crippen LogP contribution in [0.1, 0.15) is 30.1 Å². The van der Waals surface area contributed by atoms with Crippen LogP contribution in [0.15, 0.2) is 65.6 Å². The van der Waals surface area contributed by atoms with Crippen molar-refractivity contribution in [1.82, 2.24) is 0 Å². The number of rotatable bonds is 10. The van der Waals surface area contributed by atoms with Gasteiger partial charge in [0.2, 0.25) is 0 Å². The van der Waals surface area contributed by atoms with E-state index in [0.29, 0.717) is 29.9 Å². The zero-order valence-corrected chi connectivity index (χ0v) is 19.4. The molecule has 0 saturated carbocycles. The fourth-order valence-corrected chi connectivity index (χ4v) is 4.00. The van der Waals surface area contributed by atoms with E-state index in [1.54, 1.807) is 18.2 Å². The molecule has 0 heterocycles. The van der Waals surface area contributed by atoms with Crippen LogP contribution in [0, 0.1) is 11.6 Å². The fraction of sp³-hybridized carbons (Fsp3) is 0.208. The van der Waals surface area contributed by atoms with E-state index in [2.05, 4.69) is 10.0 Å². The van der Waals surface area contributed by atoms with Crippen molar-refractivity contribution in [1.29, 1.82) is 0 Å². The molecule has 0 aliphatic carbocycles. The van der Waals surface area contributed by atoms with Gasteiger partial charge in [-0.05, 0) is 61.0 Å². The summed E-state index contributed by atoms with van der Waals surface area (Å²) < 4.78 is 64.6. The van der Waals surface area contributed by atoms with Gasteiger partial charge in [-0.1, -0.05) is 13.3 Å². The highest BCUT2D eigenvalue weighted by Gasteiger charge is 2.17. The summed E-state index contributed by atoms with van der Waals surface area (Å²) in [4.78, 5) is 12.3. The van der Waals surface area contributed by atoms with Gasteiger partial charge < -0.3 is 14.8 Å². The van der Waals surface area contributed by atoms with Gasteiger partial charge in [-0.25, -0.2) is 17.2 Å². The normalized spacial score (nSPS) is 11.1. The number of methoxy groups -OCH3 is 1. The van der Waals surface area contributed by atoms with Crippen molar-refractivity contribution in [3.05, 3.63) is 77.9 Å². The Morgan fingerprint density at radius 3 is 2.35 bits per heavy atom. The number of sulfonamides is 1. The van der Waals surface area contributed by atoms with Crippen molar-refractivity contribution in [2.45, 2.75) is 24.7 Å². The zero-order chi connectivity index (χ0) is 24.7. The number of hydrogen-bond acceptors (Lipinski definition) is 5. The number of nitrogens with one attached hydrogen (secondary N) is 2. The average Bonchev–Trinajstić information content (AvgIpc) is 2.82. The first-order valence-electron chi connectivity index (χ1n) is 10.4. The Balaban J connectivity index is 1.73. The molecule has 0 saturated heterocycles. The molecule has 34 heavy (non-hydrogen) atoms. The molecule has 3 aromatic carbocycles. The summed E-state index contributed by atoms with van der Waals surface area (Å²) in [5.74, 6) is -1.82. The second-order valence-corrected chi connectivity index (χ2v) is 8.96. The third-order valence-corrected chi connectivity index (χ3v) is 6.17. The summed E-state index contributed by atoms with van der Waals surface area (Å²) in [6, 6.07) is 13.0. The Morgan fingerprint density at radius 1 is 0.971 bits per heavy atom. The van der Waals surface area contributed by atoms with Crippen LogP contribution in [0.25, 0.3) is 0 Å². The van der Waals surface area contributed by atoms with E-state index in [0.717, 1.165) is 25.0 Å². The first kappa shape index (κ1) is 25.0. The van der Waals surface area contributed by atoms with Crippen molar-refractivity contribution in [3.63, 3.8) is 0 Å². The summed E-state index contributed by atoms with van der Waals surface area (Å²) in [5, 5.41) is 2.77. The van der Waals surface area contributed by atoms with Gasteiger partial charge in [0, 0.05) is 17.3 Å². The minimum absolute atomic E-state index is 0.145. The highest BCUT2D eigenvalue weighted by Crippen LogP contribution is 2.30. The van der Waals surface area contributed by atoms with Crippen LogP contribution in [0.2, 0.25) is 0 Å². The van der Waals surface area contributed by atoms with Gasteiger partial charge in [-0.15, -0.1) is 0 Å². The number of anilines is 2. The number of ether oxygens (including phenoxy) is 2. The standard InChI is InChI=1S/C24H24F2N2O5S/c1-3-4-13-33-23-12-9-18(32-2)14-22(23)27-24(29)16-5-7-17(8-6-16)28-34(30,31)19-10-11-20(25)21(26)15-19/h5-12,14-15,28H,3-4,13H2,1-2H3,(H,27,29). The summed E-state index contributed by atoms with van der Waals surface area (Å²) in [5.41, 5.74) is 0.841. The summed E-state index contributed by atoms with van der Waals surface area (Å²) in [7, 11) is -2.63. The molecule has 2 N–H and O–H groups in total. The fourth-order valence-electron chi connectivity index (χ4n) is 2.93. The number of hydrogen-bond donors (Lipinski definition) is 2. The Labute approximate surface area is 196 Å². The van der Waals surface area contributed by atoms with Crippen molar-refractivity contribution in [2.75, 3.05) is 23.8 Å². The Kier molecular flexibility index (Phi) is 8.06. The zero-order valence-electron chi connectivity index (χ0n) is 18.6. The van der Waals surface area contributed by atoms with E-state index in [9.17, 15) is 22.0 Å². The van der Waals surface area contributed by atoms with Gasteiger partial charge in [0.05, 0.1) is 24.3 Å². The lowest BCUT2D eigenvalue weighted by Crippen LogP contribution is -2.15. The van der Waals surface area contributed by atoms with Crippen LogP contribution >= 0.6 is 0 Å². The topological polar surface area (TPSA) is 93.7 Å². The van der Waals surface area contributed by atoms with Gasteiger partial charge in [-0.2, -0.15) is 0 Å². The van der Waals surface area contributed by atoms with Gasteiger partial charge in [0.15, 0.2) is 11.6 Å². The Hall–Kier alpha value is -3.66. The summed E-state index contributed by atoms with van der Waals surface area (Å²) >= 11 is 0. The Bertz CT molecular complexity index is 1260. The first-order valence-corrected chi connectivity index (χ1v) is 11.9. The third-order valence-electron chi connectivity index (χ3n) is 4.79. The SMILES string of the molecule is CCCCOc1ccc(OC)cc1NC(=O)c1ccc(NS(=O)(=O)c2ccc(F)c(F)c2)cc1. The molecule has 3 aromatic rings. The molecule has 180 valence electrons. The minimum Gasteiger partial charge on any atom is -0.497 e. The highest BCUT2D eigenvalue weighted by molar-refractivity contribution is 7.92. The second-order valence-electron chi connectivity index (χ2n) is 7.28. The van der Waals surface area contributed by atoms with Crippen molar-refractivity contribution in [2.24, 2.45) is 0 Å². The van der Waals surface area contributed by atoms with E-state index in [1.807, 2.05) is 6.92 Å². The van der Waals surface area contributed by atoms with E-state index >= 15 is 0 Å². The molecule has 0 fully saturated rings. The molecule has 0 aliphatic heterocycles. The van der Waals surface area contributed by atoms with E-state index < -0.39 is 32.5 Å². The number of benzene rings is 3. The minimum atomic E-state index is -4.15. The lowest BCUT2D eigenvalue weighted by Gasteiger charge is -2.14. The summed E-state index contributed by atoms with van der Waals surface area (Å²) in [6.45, 7) is 2.54. The van der Waals surface area contributed by atoms with Crippen LogP contribution in [0.5, 0.6) is 11.5 Å². The average molecular weight is 491 g/mol. The third kappa shape index (κ3) is 6.22. The number of halogens is 2. The molecular formula is C24H24F2N2O5S. The smallest absolute Gasteiger partial charge is 0.261 e. The molecule has 0 atom stereocenters. The number of carbonyl (C=O) groups is 1. The molecule has 0 bridgehead atoms.